The van der Waals surface area contributed by atoms with Gasteiger partial charge in [0.15, 0.2) is 0 Å². The molecule has 21 heavy (non-hydrogen) atoms. The Morgan fingerprint density at radius 3 is 2.86 bits per heavy atom. The molecular formula is C13H19N5O3. The van der Waals surface area contributed by atoms with Crippen LogP contribution in [0.15, 0.2) is 6.33 Å². The van der Waals surface area contributed by atoms with Crippen LogP contribution >= 0.6 is 0 Å². The van der Waals surface area contributed by atoms with Gasteiger partial charge in [0, 0.05) is 19.1 Å². The van der Waals surface area contributed by atoms with Crippen molar-refractivity contribution >= 4 is 11.5 Å². The zero-order valence-corrected chi connectivity index (χ0v) is 11.9. The van der Waals surface area contributed by atoms with Crippen molar-refractivity contribution in [1.29, 1.82) is 0 Å². The van der Waals surface area contributed by atoms with Crippen LogP contribution in [0.2, 0.25) is 0 Å². The van der Waals surface area contributed by atoms with Gasteiger partial charge in [0.05, 0.1) is 12.0 Å². The van der Waals surface area contributed by atoms with Crippen LogP contribution in [-0.4, -0.2) is 41.1 Å². The minimum Gasteiger partial charge on any atom is -0.476 e. The maximum absolute atomic E-state index is 11.3. The van der Waals surface area contributed by atoms with E-state index in [1.54, 1.807) is 0 Å². The summed E-state index contributed by atoms with van der Waals surface area (Å²) in [6, 6.07) is 0.251. The van der Waals surface area contributed by atoms with Crippen molar-refractivity contribution in [2.75, 3.05) is 25.1 Å². The number of nitrogens with two attached hydrogens (primary N) is 1. The van der Waals surface area contributed by atoms with E-state index in [2.05, 4.69) is 9.97 Å². The molecule has 2 N–H and O–H groups in total. The summed E-state index contributed by atoms with van der Waals surface area (Å²) in [6.07, 6.45) is 4.41. The van der Waals surface area contributed by atoms with Crippen molar-refractivity contribution in [3.05, 3.63) is 16.4 Å². The lowest BCUT2D eigenvalue weighted by Crippen LogP contribution is -2.32. The lowest BCUT2D eigenvalue weighted by molar-refractivity contribution is -0.385. The van der Waals surface area contributed by atoms with E-state index >= 15 is 0 Å². The molecule has 1 aliphatic carbocycles. The van der Waals surface area contributed by atoms with Crippen molar-refractivity contribution in [2.24, 2.45) is 17.6 Å². The van der Waals surface area contributed by atoms with Crippen LogP contribution in [0, 0.1) is 22.0 Å². The van der Waals surface area contributed by atoms with Gasteiger partial charge in [-0.2, -0.15) is 4.98 Å². The Balaban J connectivity index is 1.90. The SMILES string of the molecule is COc1ncnc(N2C[C@H]3CCC(N)C[C@H]3C2)c1[N+](=O)[O-]. The molecule has 0 aromatic carbocycles. The summed E-state index contributed by atoms with van der Waals surface area (Å²) >= 11 is 0. The quantitative estimate of drug-likeness (QED) is 0.653. The highest BCUT2D eigenvalue weighted by Crippen LogP contribution is 2.41. The second kappa shape index (κ2) is 5.44. The third-order valence-electron chi connectivity index (χ3n) is 4.54. The molecule has 1 saturated heterocycles. The second-order valence-corrected chi connectivity index (χ2v) is 5.81. The standard InChI is InChI=1S/C13H19N5O3/c1-21-13-11(18(19)20)12(15-7-16-13)17-5-8-2-3-10(14)4-9(8)6-17/h7-10H,2-6,14H2,1H3/t8-,9+,10?/m1/s1. The van der Waals surface area contributed by atoms with Gasteiger partial charge in [-0.05, 0) is 31.1 Å². The Morgan fingerprint density at radius 2 is 2.14 bits per heavy atom. The molecule has 2 aliphatic rings. The van der Waals surface area contributed by atoms with E-state index in [4.69, 9.17) is 10.5 Å². The smallest absolute Gasteiger partial charge is 0.372 e. The predicted octanol–water partition coefficient (Wildman–Crippen LogP) is 0.957. The monoisotopic (exact) mass is 293 g/mol. The molecule has 3 atom stereocenters. The van der Waals surface area contributed by atoms with Gasteiger partial charge in [-0.25, -0.2) is 4.98 Å². The molecule has 0 spiro atoms. The first-order valence-electron chi connectivity index (χ1n) is 7.14. The second-order valence-electron chi connectivity index (χ2n) is 5.81. The third-order valence-corrected chi connectivity index (χ3v) is 4.54. The van der Waals surface area contributed by atoms with E-state index < -0.39 is 4.92 Å². The number of nitro groups is 1. The number of aromatic nitrogens is 2. The Labute approximate surface area is 122 Å². The molecule has 114 valence electrons. The zero-order chi connectivity index (χ0) is 15.0. The summed E-state index contributed by atoms with van der Waals surface area (Å²) < 4.78 is 5.00. The Hall–Kier alpha value is -1.96. The average Bonchev–Trinajstić information content (AvgIpc) is 2.89. The summed E-state index contributed by atoms with van der Waals surface area (Å²) in [5.41, 5.74) is 5.88. The highest BCUT2D eigenvalue weighted by Gasteiger charge is 2.40. The summed E-state index contributed by atoms with van der Waals surface area (Å²) in [4.78, 5) is 20.8. The first-order chi connectivity index (χ1) is 10.1. The zero-order valence-electron chi connectivity index (χ0n) is 11.9. The molecule has 1 unspecified atom stereocenters. The topological polar surface area (TPSA) is 107 Å². The van der Waals surface area contributed by atoms with Crippen LogP contribution in [0.5, 0.6) is 5.88 Å². The largest absolute Gasteiger partial charge is 0.476 e. The molecule has 8 nitrogen and oxygen atoms in total. The van der Waals surface area contributed by atoms with Crippen LogP contribution < -0.4 is 15.4 Å². The minimum atomic E-state index is -0.470. The molecule has 0 amide bonds. The number of ether oxygens (including phenoxy) is 1. The van der Waals surface area contributed by atoms with E-state index in [1.165, 1.54) is 13.4 Å². The average molecular weight is 293 g/mol. The molecule has 2 fully saturated rings. The number of hydrogen-bond acceptors (Lipinski definition) is 7. The van der Waals surface area contributed by atoms with Crippen molar-refractivity contribution in [3.8, 4) is 5.88 Å². The summed E-state index contributed by atoms with van der Waals surface area (Å²) in [5, 5.41) is 11.3. The van der Waals surface area contributed by atoms with Gasteiger partial charge in [-0.3, -0.25) is 10.1 Å². The van der Waals surface area contributed by atoms with Crippen molar-refractivity contribution < 1.29 is 9.66 Å². The van der Waals surface area contributed by atoms with E-state index in [-0.39, 0.29) is 17.6 Å². The van der Waals surface area contributed by atoms with Crippen LogP contribution in [0.4, 0.5) is 11.5 Å². The van der Waals surface area contributed by atoms with E-state index in [1.807, 2.05) is 4.90 Å². The normalized spacial score (nSPS) is 28.3. The molecule has 1 aromatic rings. The molecule has 3 rings (SSSR count). The summed E-state index contributed by atoms with van der Waals surface area (Å²) in [6.45, 7) is 1.55. The van der Waals surface area contributed by atoms with Gasteiger partial charge in [-0.15, -0.1) is 0 Å². The van der Waals surface area contributed by atoms with E-state index in [9.17, 15) is 10.1 Å². The highest BCUT2D eigenvalue weighted by molar-refractivity contribution is 5.63. The molecule has 2 heterocycles. The Bertz CT molecular complexity index is 553. The maximum Gasteiger partial charge on any atom is 0.372 e. The Kier molecular flexibility index (Phi) is 3.62. The number of anilines is 1. The fraction of sp³-hybridized carbons (Fsp3) is 0.692. The first kappa shape index (κ1) is 14.0. The highest BCUT2D eigenvalue weighted by atomic mass is 16.6. The number of hydrogen-bond donors (Lipinski definition) is 1. The summed E-state index contributed by atoms with van der Waals surface area (Å²) in [7, 11) is 1.38. The molecule has 0 bridgehead atoms. The Morgan fingerprint density at radius 1 is 1.38 bits per heavy atom. The predicted molar refractivity (Wildman–Crippen MR) is 76.3 cm³/mol. The van der Waals surface area contributed by atoms with Gasteiger partial charge in [0.1, 0.15) is 6.33 Å². The van der Waals surface area contributed by atoms with Gasteiger partial charge >= 0.3 is 5.69 Å². The molecule has 0 radical (unpaired) electrons. The number of rotatable bonds is 3. The van der Waals surface area contributed by atoms with Crippen LogP contribution in [-0.2, 0) is 0 Å². The van der Waals surface area contributed by atoms with Crippen molar-refractivity contribution in [3.63, 3.8) is 0 Å². The maximum atomic E-state index is 11.3. The lowest BCUT2D eigenvalue weighted by atomic mass is 9.79. The van der Waals surface area contributed by atoms with Gasteiger partial charge in [0.25, 0.3) is 5.88 Å². The van der Waals surface area contributed by atoms with Crippen LogP contribution in [0.3, 0.4) is 0 Å². The van der Waals surface area contributed by atoms with Crippen molar-refractivity contribution in [1.82, 2.24) is 9.97 Å². The fourth-order valence-electron chi connectivity index (χ4n) is 3.54. The van der Waals surface area contributed by atoms with Crippen LogP contribution in [0.25, 0.3) is 0 Å². The van der Waals surface area contributed by atoms with E-state index in [0.29, 0.717) is 17.7 Å². The molecule has 1 aliphatic heterocycles. The first-order valence-corrected chi connectivity index (χ1v) is 7.14. The minimum absolute atomic E-state index is 0.0107. The molecule has 1 aromatic heterocycles. The third kappa shape index (κ3) is 2.51. The van der Waals surface area contributed by atoms with Crippen LogP contribution in [0.1, 0.15) is 19.3 Å². The van der Waals surface area contributed by atoms with Gasteiger partial charge in [-0.1, -0.05) is 0 Å². The molecular weight excluding hydrogens is 274 g/mol. The molecule has 8 heteroatoms. The summed E-state index contributed by atoms with van der Waals surface area (Å²) in [5.74, 6) is 1.41. The molecule has 1 saturated carbocycles. The van der Waals surface area contributed by atoms with Gasteiger partial charge < -0.3 is 15.4 Å². The number of nitrogens with zero attached hydrogens (tertiary/aromatic N) is 4. The fourth-order valence-corrected chi connectivity index (χ4v) is 3.54. The lowest BCUT2D eigenvalue weighted by Gasteiger charge is -2.27. The number of methoxy groups -OCH3 is 1. The number of fused-ring (bicyclic) bond motifs is 1. The van der Waals surface area contributed by atoms with E-state index in [0.717, 1.165) is 32.4 Å². The van der Waals surface area contributed by atoms with Crippen molar-refractivity contribution in [2.45, 2.75) is 25.3 Å². The van der Waals surface area contributed by atoms with Gasteiger partial charge in [0.2, 0.25) is 5.82 Å².